The van der Waals surface area contributed by atoms with E-state index in [2.05, 4.69) is 5.32 Å². The molecular formula is C18H29NO4. The van der Waals surface area contributed by atoms with E-state index in [4.69, 9.17) is 4.74 Å². The Kier molecular flexibility index (Phi) is 6.19. The van der Waals surface area contributed by atoms with E-state index < -0.39 is 12.1 Å². The standard InChI is InChI=1S/C18H29NO4/c1-17(2,3)10-16(22)23-15-8-7-12(9-13(15)20)14(21)11-19-18(4,5)6/h7-9,14,19-21H,10-11H2,1-6H3. The van der Waals surface area contributed by atoms with E-state index in [1.165, 1.54) is 12.1 Å². The number of benzene rings is 1. The number of nitrogens with one attached hydrogen (secondary N) is 1. The van der Waals surface area contributed by atoms with Gasteiger partial charge in [0, 0.05) is 12.1 Å². The maximum Gasteiger partial charge on any atom is 0.311 e. The Morgan fingerprint density at radius 3 is 2.30 bits per heavy atom. The number of carbonyl (C=O) groups excluding carboxylic acids is 1. The fourth-order valence-corrected chi connectivity index (χ4v) is 1.94. The predicted molar refractivity (Wildman–Crippen MR) is 90.5 cm³/mol. The SMILES string of the molecule is CC(C)(C)CC(=O)Oc1ccc(C(O)CNC(C)(C)C)cc1O. The summed E-state index contributed by atoms with van der Waals surface area (Å²) in [6, 6.07) is 4.58. The van der Waals surface area contributed by atoms with Crippen LogP contribution in [0.15, 0.2) is 18.2 Å². The molecule has 0 saturated carbocycles. The van der Waals surface area contributed by atoms with Gasteiger partial charge in [-0.15, -0.1) is 0 Å². The number of carbonyl (C=O) groups is 1. The molecule has 0 saturated heterocycles. The van der Waals surface area contributed by atoms with Gasteiger partial charge in [0.1, 0.15) is 0 Å². The van der Waals surface area contributed by atoms with Crippen LogP contribution in [0.3, 0.4) is 0 Å². The third-order valence-corrected chi connectivity index (χ3v) is 3.09. The number of esters is 1. The summed E-state index contributed by atoms with van der Waals surface area (Å²) in [5, 5.41) is 23.4. The van der Waals surface area contributed by atoms with Crippen LogP contribution in [0, 0.1) is 5.41 Å². The predicted octanol–water partition coefficient (Wildman–Crippen LogP) is 3.16. The first kappa shape index (κ1) is 19.5. The highest BCUT2D eigenvalue weighted by Gasteiger charge is 2.20. The van der Waals surface area contributed by atoms with Crippen LogP contribution in [0.4, 0.5) is 0 Å². The second kappa shape index (κ2) is 7.32. The number of hydrogen-bond acceptors (Lipinski definition) is 5. The first-order valence-corrected chi connectivity index (χ1v) is 7.84. The number of β-amino-alcohol motifs (C(OH)–C–C–N with tert-alkyl or cyclic N) is 1. The number of aliphatic hydroxyl groups excluding tert-OH is 1. The maximum atomic E-state index is 11.8. The molecule has 0 radical (unpaired) electrons. The van der Waals surface area contributed by atoms with Crippen LogP contribution in [0.5, 0.6) is 11.5 Å². The van der Waals surface area contributed by atoms with E-state index in [1.807, 2.05) is 41.5 Å². The topological polar surface area (TPSA) is 78.8 Å². The molecule has 130 valence electrons. The lowest BCUT2D eigenvalue weighted by molar-refractivity contribution is -0.136. The first-order valence-electron chi connectivity index (χ1n) is 7.84. The molecule has 1 unspecified atom stereocenters. The number of phenolic OH excluding ortho intramolecular Hbond substituents is 1. The summed E-state index contributed by atoms with van der Waals surface area (Å²) >= 11 is 0. The lowest BCUT2D eigenvalue weighted by Crippen LogP contribution is -2.38. The van der Waals surface area contributed by atoms with Crippen molar-refractivity contribution < 1.29 is 19.7 Å². The monoisotopic (exact) mass is 323 g/mol. The lowest BCUT2D eigenvalue weighted by Gasteiger charge is -2.23. The van der Waals surface area contributed by atoms with Gasteiger partial charge in [-0.2, -0.15) is 0 Å². The molecular weight excluding hydrogens is 294 g/mol. The van der Waals surface area contributed by atoms with Crippen LogP contribution >= 0.6 is 0 Å². The third kappa shape index (κ3) is 7.48. The van der Waals surface area contributed by atoms with Gasteiger partial charge < -0.3 is 20.3 Å². The van der Waals surface area contributed by atoms with Crippen molar-refractivity contribution in [3.8, 4) is 11.5 Å². The molecule has 0 bridgehead atoms. The molecule has 23 heavy (non-hydrogen) atoms. The van der Waals surface area contributed by atoms with Crippen molar-refractivity contribution >= 4 is 5.97 Å². The van der Waals surface area contributed by atoms with Crippen LogP contribution in [-0.4, -0.2) is 28.3 Å². The van der Waals surface area contributed by atoms with Crippen LogP contribution in [0.2, 0.25) is 0 Å². The van der Waals surface area contributed by atoms with E-state index in [0.717, 1.165) is 0 Å². The van der Waals surface area contributed by atoms with Crippen molar-refractivity contribution in [2.75, 3.05) is 6.54 Å². The zero-order valence-corrected chi connectivity index (χ0v) is 14.9. The second-order valence-corrected chi connectivity index (χ2v) is 8.09. The minimum atomic E-state index is -0.751. The van der Waals surface area contributed by atoms with E-state index in [-0.39, 0.29) is 28.9 Å². The number of phenols is 1. The fraction of sp³-hybridized carbons (Fsp3) is 0.611. The molecule has 0 spiro atoms. The van der Waals surface area contributed by atoms with Gasteiger partial charge in [0.05, 0.1) is 12.5 Å². The van der Waals surface area contributed by atoms with Gasteiger partial charge in [-0.05, 0) is 43.9 Å². The average Bonchev–Trinajstić information content (AvgIpc) is 2.35. The molecule has 5 nitrogen and oxygen atoms in total. The van der Waals surface area contributed by atoms with Crippen molar-refractivity contribution in [3.63, 3.8) is 0 Å². The van der Waals surface area contributed by atoms with Crippen LogP contribution in [0.25, 0.3) is 0 Å². The largest absolute Gasteiger partial charge is 0.504 e. The normalized spacial score (nSPS) is 13.7. The van der Waals surface area contributed by atoms with Crippen molar-refractivity contribution in [3.05, 3.63) is 23.8 Å². The average molecular weight is 323 g/mol. The Bertz CT molecular complexity index is 541. The van der Waals surface area contributed by atoms with Gasteiger partial charge in [0.15, 0.2) is 11.5 Å². The van der Waals surface area contributed by atoms with E-state index in [0.29, 0.717) is 12.1 Å². The van der Waals surface area contributed by atoms with E-state index in [9.17, 15) is 15.0 Å². The highest BCUT2D eigenvalue weighted by atomic mass is 16.5. The van der Waals surface area contributed by atoms with Crippen LogP contribution in [-0.2, 0) is 4.79 Å². The number of rotatable bonds is 5. The second-order valence-electron chi connectivity index (χ2n) is 8.09. The summed E-state index contributed by atoms with van der Waals surface area (Å²) in [7, 11) is 0. The van der Waals surface area contributed by atoms with Crippen LogP contribution in [0.1, 0.15) is 59.6 Å². The molecule has 1 atom stereocenters. The minimum Gasteiger partial charge on any atom is -0.504 e. The molecule has 3 N–H and O–H groups in total. The molecule has 0 aliphatic heterocycles. The Morgan fingerprint density at radius 1 is 1.22 bits per heavy atom. The number of hydrogen-bond donors (Lipinski definition) is 3. The van der Waals surface area contributed by atoms with Crippen molar-refractivity contribution in [1.82, 2.24) is 5.32 Å². The lowest BCUT2D eigenvalue weighted by atomic mass is 9.92. The number of aromatic hydroxyl groups is 1. The van der Waals surface area contributed by atoms with Crippen LogP contribution < -0.4 is 10.1 Å². The zero-order chi connectivity index (χ0) is 17.8. The molecule has 0 aromatic heterocycles. The van der Waals surface area contributed by atoms with Gasteiger partial charge in [-0.3, -0.25) is 4.79 Å². The number of ether oxygens (including phenoxy) is 1. The quantitative estimate of drug-likeness (QED) is 0.573. The Balaban J connectivity index is 2.72. The molecule has 0 aliphatic carbocycles. The Labute approximate surface area is 138 Å². The van der Waals surface area contributed by atoms with Gasteiger partial charge in [-0.25, -0.2) is 0 Å². The Hall–Kier alpha value is -1.59. The highest BCUT2D eigenvalue weighted by molar-refractivity contribution is 5.73. The third-order valence-electron chi connectivity index (χ3n) is 3.09. The highest BCUT2D eigenvalue weighted by Crippen LogP contribution is 2.30. The van der Waals surface area contributed by atoms with Crippen molar-refractivity contribution in [2.24, 2.45) is 5.41 Å². The van der Waals surface area contributed by atoms with Crippen molar-refractivity contribution in [1.29, 1.82) is 0 Å². The van der Waals surface area contributed by atoms with Crippen molar-refractivity contribution in [2.45, 2.75) is 59.6 Å². The van der Waals surface area contributed by atoms with E-state index >= 15 is 0 Å². The van der Waals surface area contributed by atoms with Gasteiger partial charge in [0.2, 0.25) is 0 Å². The summed E-state index contributed by atoms with van der Waals surface area (Å²) in [5.74, 6) is -0.436. The summed E-state index contributed by atoms with van der Waals surface area (Å²) in [4.78, 5) is 11.8. The molecule has 0 heterocycles. The summed E-state index contributed by atoms with van der Waals surface area (Å²) in [6.45, 7) is 12.2. The molecule has 0 amide bonds. The van der Waals surface area contributed by atoms with Gasteiger partial charge in [-0.1, -0.05) is 26.8 Å². The summed E-state index contributed by atoms with van der Waals surface area (Å²) in [5.41, 5.74) is 0.280. The summed E-state index contributed by atoms with van der Waals surface area (Å²) < 4.78 is 5.18. The first-order chi connectivity index (χ1) is 10.4. The molecule has 1 aromatic carbocycles. The zero-order valence-electron chi connectivity index (χ0n) is 14.9. The number of aliphatic hydroxyl groups is 1. The van der Waals surface area contributed by atoms with E-state index in [1.54, 1.807) is 6.07 Å². The molecule has 0 fully saturated rings. The molecule has 1 aromatic rings. The fourth-order valence-electron chi connectivity index (χ4n) is 1.94. The smallest absolute Gasteiger partial charge is 0.311 e. The van der Waals surface area contributed by atoms with Gasteiger partial charge >= 0.3 is 5.97 Å². The summed E-state index contributed by atoms with van der Waals surface area (Å²) in [6.07, 6.45) is -0.494. The molecule has 1 rings (SSSR count). The molecule has 5 heteroatoms. The Morgan fingerprint density at radius 2 is 1.83 bits per heavy atom. The molecule has 0 aliphatic rings. The maximum absolute atomic E-state index is 11.8. The van der Waals surface area contributed by atoms with Gasteiger partial charge in [0.25, 0.3) is 0 Å². The minimum absolute atomic E-state index is 0.106.